The minimum absolute atomic E-state index is 0.00709. The van der Waals surface area contributed by atoms with Crippen molar-refractivity contribution in [3.05, 3.63) is 0 Å². The third kappa shape index (κ3) is 10.8. The highest BCUT2D eigenvalue weighted by atomic mass is 16.7. The van der Waals surface area contributed by atoms with Gasteiger partial charge in [-0.3, -0.25) is 9.59 Å². The van der Waals surface area contributed by atoms with Gasteiger partial charge in [-0.1, -0.05) is 38.5 Å². The molecule has 1 saturated heterocycles. The fraction of sp³-hybridized carbons (Fsp3) is 0.900. The van der Waals surface area contributed by atoms with Crippen LogP contribution in [0.15, 0.2) is 0 Å². The molecule has 7 heteroatoms. The number of aliphatic hydroxyl groups excluding tert-OH is 2. The van der Waals surface area contributed by atoms with E-state index in [1.807, 2.05) is 6.92 Å². The first kappa shape index (κ1) is 24.0. The van der Waals surface area contributed by atoms with Gasteiger partial charge in [0, 0.05) is 12.8 Å². The van der Waals surface area contributed by atoms with Crippen molar-refractivity contribution in [3.8, 4) is 0 Å². The molecule has 1 rings (SSSR count). The Morgan fingerprint density at radius 2 is 1.63 bits per heavy atom. The number of carbonyl (C=O) groups excluding carboxylic acids is 1. The summed E-state index contributed by atoms with van der Waals surface area (Å²) in [6.45, 7) is 3.75. The van der Waals surface area contributed by atoms with Crippen LogP contribution in [0.25, 0.3) is 0 Å². The Hall–Kier alpha value is -1.02. The molecular formula is C20H36O7. The van der Waals surface area contributed by atoms with E-state index in [-0.39, 0.29) is 30.8 Å². The van der Waals surface area contributed by atoms with Crippen LogP contribution in [0.3, 0.4) is 0 Å². The lowest BCUT2D eigenvalue weighted by atomic mass is 10.0. The van der Waals surface area contributed by atoms with Crippen LogP contribution >= 0.6 is 0 Å². The molecule has 0 aromatic carbocycles. The van der Waals surface area contributed by atoms with Gasteiger partial charge in [0.05, 0.1) is 18.3 Å². The molecular weight excluding hydrogens is 352 g/mol. The summed E-state index contributed by atoms with van der Waals surface area (Å²) in [5, 5.41) is 28.1. The van der Waals surface area contributed by atoms with Crippen molar-refractivity contribution in [3.63, 3.8) is 0 Å². The van der Waals surface area contributed by atoms with Gasteiger partial charge in [0.15, 0.2) is 6.29 Å². The van der Waals surface area contributed by atoms with Crippen molar-refractivity contribution in [2.75, 3.05) is 0 Å². The van der Waals surface area contributed by atoms with Crippen LogP contribution in [-0.2, 0) is 19.1 Å². The fourth-order valence-electron chi connectivity index (χ4n) is 3.26. The zero-order valence-corrected chi connectivity index (χ0v) is 16.6. The standard InChI is InChI=1S/C20H36O7/c1-14(26-20-18(23)13-17(22)15(2)27-20)10-8-6-4-3-5-7-9-11-16(21)12-19(24)25/h14-15,17-18,20,22-23H,3-13H2,1-2H3,(H,24,25)/t14-,15+,17-,18-,20-/m1/s1. The van der Waals surface area contributed by atoms with Gasteiger partial charge in [0.2, 0.25) is 0 Å². The van der Waals surface area contributed by atoms with Crippen LogP contribution < -0.4 is 0 Å². The summed E-state index contributed by atoms with van der Waals surface area (Å²) in [5.41, 5.74) is 0. The quantitative estimate of drug-likeness (QED) is 0.310. The van der Waals surface area contributed by atoms with E-state index in [1.165, 1.54) is 0 Å². The first-order valence-electron chi connectivity index (χ1n) is 10.2. The van der Waals surface area contributed by atoms with E-state index in [9.17, 15) is 19.8 Å². The molecule has 1 heterocycles. The summed E-state index contributed by atoms with van der Waals surface area (Å²) < 4.78 is 11.3. The molecule has 0 spiro atoms. The number of carboxylic acids is 1. The second kappa shape index (κ2) is 13.2. The number of Topliss-reactive ketones (excluding diaryl/α,β-unsaturated/α-hetero) is 1. The summed E-state index contributed by atoms with van der Waals surface area (Å²) in [7, 11) is 0. The van der Waals surface area contributed by atoms with Gasteiger partial charge >= 0.3 is 5.97 Å². The summed E-state index contributed by atoms with van der Waals surface area (Å²) in [4.78, 5) is 21.6. The summed E-state index contributed by atoms with van der Waals surface area (Å²) >= 11 is 0. The van der Waals surface area contributed by atoms with Gasteiger partial charge < -0.3 is 24.8 Å². The predicted molar refractivity (Wildman–Crippen MR) is 100 cm³/mol. The third-order valence-electron chi connectivity index (χ3n) is 4.97. The molecule has 7 nitrogen and oxygen atoms in total. The Labute approximate surface area is 162 Å². The zero-order valence-electron chi connectivity index (χ0n) is 16.6. The highest BCUT2D eigenvalue weighted by Crippen LogP contribution is 2.23. The number of rotatable bonds is 14. The second-order valence-corrected chi connectivity index (χ2v) is 7.65. The monoisotopic (exact) mass is 388 g/mol. The second-order valence-electron chi connectivity index (χ2n) is 7.65. The molecule has 0 saturated carbocycles. The Kier molecular flexibility index (Phi) is 11.7. The molecule has 5 atom stereocenters. The molecule has 0 unspecified atom stereocenters. The minimum atomic E-state index is -1.05. The molecule has 1 aliphatic heterocycles. The Balaban J connectivity index is 1.97. The molecule has 0 amide bonds. The van der Waals surface area contributed by atoms with E-state index in [1.54, 1.807) is 6.92 Å². The van der Waals surface area contributed by atoms with E-state index in [2.05, 4.69) is 0 Å². The van der Waals surface area contributed by atoms with Gasteiger partial charge in [-0.2, -0.15) is 0 Å². The molecule has 158 valence electrons. The van der Waals surface area contributed by atoms with Gasteiger partial charge in [-0.05, 0) is 26.7 Å². The number of ketones is 1. The zero-order chi connectivity index (χ0) is 20.2. The smallest absolute Gasteiger partial charge is 0.310 e. The molecule has 3 N–H and O–H groups in total. The highest BCUT2D eigenvalue weighted by Gasteiger charge is 2.35. The van der Waals surface area contributed by atoms with Crippen molar-refractivity contribution < 1.29 is 34.4 Å². The van der Waals surface area contributed by atoms with Crippen molar-refractivity contribution in [1.82, 2.24) is 0 Å². The summed E-state index contributed by atoms with van der Waals surface area (Å²) in [6.07, 6.45) is 5.93. The lowest BCUT2D eigenvalue weighted by Gasteiger charge is -2.36. The van der Waals surface area contributed by atoms with Crippen LogP contribution in [0.5, 0.6) is 0 Å². The highest BCUT2D eigenvalue weighted by molar-refractivity contribution is 5.94. The van der Waals surface area contributed by atoms with Crippen LogP contribution in [0, 0.1) is 0 Å². The average Bonchev–Trinajstić information content (AvgIpc) is 2.57. The number of aliphatic carboxylic acids is 1. The molecule has 0 radical (unpaired) electrons. The molecule has 1 aliphatic rings. The maximum Gasteiger partial charge on any atom is 0.310 e. The first-order chi connectivity index (χ1) is 12.8. The summed E-state index contributed by atoms with van der Waals surface area (Å²) in [6, 6.07) is 0. The SMILES string of the molecule is C[C@H](CCCCCCCCCC(=O)CC(=O)O)O[C@@H]1O[C@@H](C)[C@H](O)C[C@H]1O. The topological polar surface area (TPSA) is 113 Å². The fourth-order valence-corrected chi connectivity index (χ4v) is 3.26. The van der Waals surface area contributed by atoms with Crippen molar-refractivity contribution in [2.45, 2.75) is 115 Å². The maximum absolute atomic E-state index is 11.3. The van der Waals surface area contributed by atoms with Crippen molar-refractivity contribution in [1.29, 1.82) is 0 Å². The Morgan fingerprint density at radius 3 is 2.26 bits per heavy atom. The van der Waals surface area contributed by atoms with Crippen LogP contribution in [0.1, 0.15) is 84.5 Å². The van der Waals surface area contributed by atoms with E-state index in [0.29, 0.717) is 6.42 Å². The van der Waals surface area contributed by atoms with E-state index in [4.69, 9.17) is 14.6 Å². The Morgan fingerprint density at radius 1 is 1.04 bits per heavy atom. The van der Waals surface area contributed by atoms with E-state index in [0.717, 1.165) is 51.4 Å². The molecule has 0 aromatic rings. The third-order valence-corrected chi connectivity index (χ3v) is 4.97. The van der Waals surface area contributed by atoms with Gasteiger partial charge in [-0.25, -0.2) is 0 Å². The van der Waals surface area contributed by atoms with Crippen LogP contribution in [0.4, 0.5) is 0 Å². The molecule has 0 aromatic heterocycles. The first-order valence-corrected chi connectivity index (χ1v) is 10.2. The predicted octanol–water partition coefficient (Wildman–Crippen LogP) is 2.80. The van der Waals surface area contributed by atoms with Crippen molar-refractivity contribution >= 4 is 11.8 Å². The van der Waals surface area contributed by atoms with E-state index >= 15 is 0 Å². The molecule has 27 heavy (non-hydrogen) atoms. The maximum atomic E-state index is 11.3. The number of unbranched alkanes of at least 4 members (excludes halogenated alkanes) is 6. The van der Waals surface area contributed by atoms with Gasteiger partial charge in [-0.15, -0.1) is 0 Å². The van der Waals surface area contributed by atoms with E-state index < -0.39 is 24.5 Å². The number of aliphatic hydroxyl groups is 2. The van der Waals surface area contributed by atoms with Crippen LogP contribution in [-0.4, -0.2) is 57.8 Å². The van der Waals surface area contributed by atoms with Crippen LogP contribution in [0.2, 0.25) is 0 Å². The number of hydrogen-bond donors (Lipinski definition) is 3. The average molecular weight is 389 g/mol. The molecule has 0 aliphatic carbocycles. The summed E-state index contributed by atoms with van der Waals surface area (Å²) in [5.74, 6) is -1.23. The lowest BCUT2D eigenvalue weighted by Crippen LogP contribution is -2.48. The largest absolute Gasteiger partial charge is 0.481 e. The number of carbonyl (C=O) groups is 2. The van der Waals surface area contributed by atoms with Crippen molar-refractivity contribution in [2.24, 2.45) is 0 Å². The molecule has 1 fully saturated rings. The van der Waals surface area contributed by atoms with Gasteiger partial charge in [0.1, 0.15) is 18.3 Å². The number of ether oxygens (including phenoxy) is 2. The molecule has 0 bridgehead atoms. The van der Waals surface area contributed by atoms with Gasteiger partial charge in [0.25, 0.3) is 0 Å². The Bertz CT molecular complexity index is 440. The normalized spacial score (nSPS) is 26.7. The number of hydrogen-bond acceptors (Lipinski definition) is 6. The lowest BCUT2D eigenvalue weighted by molar-refractivity contribution is -0.273. The number of carboxylic acid groups (broad SMARTS) is 1. The minimum Gasteiger partial charge on any atom is -0.481 e.